The van der Waals surface area contributed by atoms with Crippen LogP contribution in [0.4, 0.5) is 0 Å². The van der Waals surface area contributed by atoms with Gasteiger partial charge in [-0.25, -0.2) is 0 Å². The smallest absolute Gasteiger partial charge is 0.216 e. The largest absolute Gasteiger partial charge is 0.483 e. The zero-order valence-corrected chi connectivity index (χ0v) is 4.92. The molecule has 0 atom stereocenters. The Balaban J connectivity index is 2.65. The van der Waals surface area contributed by atoms with E-state index in [4.69, 9.17) is 0 Å². The molecule has 1 rings (SSSR count). The van der Waals surface area contributed by atoms with Crippen LogP contribution in [-0.4, -0.2) is 25.0 Å². The number of ether oxygens (including phenoxy) is 1. The van der Waals surface area contributed by atoms with E-state index in [1.807, 2.05) is 0 Å². The number of Topliss-reactive ketones (excluding diaryl/α,β-unsaturated/α-hetero) is 1. The van der Waals surface area contributed by atoms with Gasteiger partial charge in [0.25, 0.3) is 0 Å². The van der Waals surface area contributed by atoms with Crippen molar-refractivity contribution in [2.45, 2.75) is 6.42 Å². The normalized spacial score (nSPS) is 17.4. The second-order valence-electron chi connectivity index (χ2n) is 1.51. The summed E-state index contributed by atoms with van der Waals surface area (Å²) in [6.45, 7) is 0. The molecular formula is C5H5N2O2. The van der Waals surface area contributed by atoms with Crippen LogP contribution in [0.5, 0.6) is 0 Å². The molecule has 0 aliphatic carbocycles. The van der Waals surface area contributed by atoms with E-state index in [0.29, 0.717) is 5.90 Å². The molecule has 1 heterocycles. The average Bonchev–Trinajstić information content (AvgIpc) is 1.88. The van der Waals surface area contributed by atoms with Gasteiger partial charge in [0.15, 0.2) is 12.0 Å². The van der Waals surface area contributed by atoms with Crippen LogP contribution in [0.1, 0.15) is 6.42 Å². The number of carbonyl (C=O) groups is 1. The molecule has 9 heavy (non-hydrogen) atoms. The summed E-state index contributed by atoms with van der Waals surface area (Å²) in [5.74, 6) is 0.153. The Hall–Kier alpha value is -1.19. The predicted molar refractivity (Wildman–Crippen MR) is 31.5 cm³/mol. The van der Waals surface area contributed by atoms with Crippen molar-refractivity contribution in [3.63, 3.8) is 0 Å². The van der Waals surface area contributed by atoms with Crippen molar-refractivity contribution in [1.29, 1.82) is 0 Å². The molecule has 0 aromatic heterocycles. The fourth-order valence-corrected chi connectivity index (χ4v) is 0.462. The van der Waals surface area contributed by atoms with E-state index in [1.165, 1.54) is 7.11 Å². The molecule has 47 valence electrons. The average molecular weight is 125 g/mol. The summed E-state index contributed by atoms with van der Waals surface area (Å²) in [4.78, 5) is 10.5. The monoisotopic (exact) mass is 125 g/mol. The fraction of sp³-hybridized carbons (Fsp3) is 0.400. The van der Waals surface area contributed by atoms with E-state index in [0.717, 1.165) is 0 Å². The molecule has 1 aliphatic heterocycles. The van der Waals surface area contributed by atoms with Crippen LogP contribution >= 0.6 is 0 Å². The highest BCUT2D eigenvalue weighted by atomic mass is 16.5. The molecule has 0 unspecified atom stereocenters. The maximum Gasteiger partial charge on any atom is 0.216 e. The van der Waals surface area contributed by atoms with Crippen LogP contribution in [0, 0.1) is 0 Å². The van der Waals surface area contributed by atoms with Crippen molar-refractivity contribution in [3.8, 4) is 0 Å². The summed E-state index contributed by atoms with van der Waals surface area (Å²) in [6, 6.07) is 0. The van der Waals surface area contributed by atoms with Crippen LogP contribution in [0.15, 0.2) is 10.2 Å². The van der Waals surface area contributed by atoms with E-state index in [1.54, 1.807) is 0 Å². The summed E-state index contributed by atoms with van der Waals surface area (Å²) in [6.07, 6.45) is 2.35. The van der Waals surface area contributed by atoms with E-state index in [9.17, 15) is 4.79 Å². The Bertz CT molecular complexity index is 183. The zero-order chi connectivity index (χ0) is 6.69. The van der Waals surface area contributed by atoms with Crippen LogP contribution < -0.4 is 0 Å². The van der Waals surface area contributed by atoms with Gasteiger partial charge in [-0.15, -0.1) is 10.2 Å². The lowest BCUT2D eigenvalue weighted by Crippen LogP contribution is -2.13. The zero-order valence-electron chi connectivity index (χ0n) is 4.92. The van der Waals surface area contributed by atoms with Crippen LogP contribution in [0.2, 0.25) is 0 Å². The second-order valence-corrected chi connectivity index (χ2v) is 1.51. The molecule has 1 radical (unpaired) electrons. The summed E-state index contributed by atoms with van der Waals surface area (Å²) in [7, 11) is 1.45. The molecule has 0 spiro atoms. The van der Waals surface area contributed by atoms with Crippen molar-refractivity contribution in [2.75, 3.05) is 7.11 Å². The van der Waals surface area contributed by atoms with Gasteiger partial charge in [0.1, 0.15) is 0 Å². The Kier molecular flexibility index (Phi) is 1.58. The fourth-order valence-electron chi connectivity index (χ4n) is 0.462. The second kappa shape index (κ2) is 2.39. The number of rotatable bonds is 0. The molecule has 0 saturated heterocycles. The standard InChI is InChI=1S/C5H5N2O2/c1-9-5-2-4(8)3-6-7-5/h2H2,1H3. The van der Waals surface area contributed by atoms with Crippen molar-refractivity contribution in [1.82, 2.24) is 0 Å². The highest BCUT2D eigenvalue weighted by Gasteiger charge is 2.09. The molecule has 0 N–H and O–H groups in total. The number of carbonyl (C=O) groups excluding carboxylic acids is 1. The number of hydrogen-bond acceptors (Lipinski definition) is 4. The van der Waals surface area contributed by atoms with Gasteiger partial charge in [-0.2, -0.15) is 0 Å². The van der Waals surface area contributed by atoms with Crippen molar-refractivity contribution in [2.24, 2.45) is 10.2 Å². The Morgan fingerprint density at radius 1 is 1.78 bits per heavy atom. The number of ketones is 1. The van der Waals surface area contributed by atoms with Gasteiger partial charge < -0.3 is 4.74 Å². The lowest BCUT2D eigenvalue weighted by Gasteiger charge is -2.00. The van der Waals surface area contributed by atoms with Crippen LogP contribution in [-0.2, 0) is 9.53 Å². The van der Waals surface area contributed by atoms with E-state index < -0.39 is 0 Å². The highest BCUT2D eigenvalue weighted by Crippen LogP contribution is 1.94. The minimum atomic E-state index is -0.193. The van der Waals surface area contributed by atoms with Gasteiger partial charge >= 0.3 is 0 Å². The van der Waals surface area contributed by atoms with Crippen molar-refractivity contribution >= 4 is 17.9 Å². The minimum Gasteiger partial charge on any atom is -0.483 e. The topological polar surface area (TPSA) is 51.0 Å². The lowest BCUT2D eigenvalue weighted by molar-refractivity contribution is -0.111. The lowest BCUT2D eigenvalue weighted by atomic mass is 10.3. The number of nitrogens with zero attached hydrogens (tertiary/aromatic N) is 2. The van der Waals surface area contributed by atoms with Crippen molar-refractivity contribution in [3.05, 3.63) is 0 Å². The molecule has 0 bridgehead atoms. The Labute approximate surface area is 52.2 Å². The molecule has 0 aromatic rings. The van der Waals surface area contributed by atoms with Gasteiger partial charge in [-0.05, 0) is 0 Å². The van der Waals surface area contributed by atoms with Gasteiger partial charge in [0.05, 0.1) is 13.5 Å². The first kappa shape index (κ1) is 5.94. The summed E-state index contributed by atoms with van der Waals surface area (Å²) in [5.41, 5.74) is 0. The summed E-state index contributed by atoms with van der Waals surface area (Å²) >= 11 is 0. The molecule has 1 aliphatic rings. The van der Waals surface area contributed by atoms with Crippen LogP contribution in [0.25, 0.3) is 0 Å². The maximum absolute atomic E-state index is 10.5. The molecule has 0 saturated carbocycles. The van der Waals surface area contributed by atoms with Crippen molar-refractivity contribution < 1.29 is 9.53 Å². The Morgan fingerprint density at radius 3 is 3.00 bits per heavy atom. The molecule has 0 fully saturated rings. The van der Waals surface area contributed by atoms with Gasteiger partial charge in [0.2, 0.25) is 5.90 Å². The third-order valence-electron chi connectivity index (χ3n) is 0.884. The molecular weight excluding hydrogens is 120 g/mol. The summed E-state index contributed by atoms with van der Waals surface area (Å²) < 4.78 is 4.66. The van der Waals surface area contributed by atoms with E-state index >= 15 is 0 Å². The van der Waals surface area contributed by atoms with Gasteiger partial charge in [0, 0.05) is 0 Å². The molecule has 4 heteroatoms. The van der Waals surface area contributed by atoms with Crippen LogP contribution in [0.3, 0.4) is 0 Å². The van der Waals surface area contributed by atoms with Gasteiger partial charge in [-0.3, -0.25) is 4.79 Å². The summed E-state index contributed by atoms with van der Waals surface area (Å²) in [5, 5.41) is 6.76. The highest BCUT2D eigenvalue weighted by molar-refractivity contribution is 6.32. The maximum atomic E-state index is 10.5. The third kappa shape index (κ3) is 1.35. The number of hydrogen-bond donors (Lipinski definition) is 0. The first-order chi connectivity index (χ1) is 4.33. The van der Waals surface area contributed by atoms with Gasteiger partial charge in [-0.1, -0.05) is 0 Å². The first-order valence-corrected chi connectivity index (χ1v) is 2.42. The predicted octanol–water partition coefficient (Wildman–Crippen LogP) is -0.133. The minimum absolute atomic E-state index is 0.181. The third-order valence-corrected chi connectivity index (χ3v) is 0.884. The quantitative estimate of drug-likeness (QED) is 0.452. The first-order valence-electron chi connectivity index (χ1n) is 2.42. The SMILES string of the molecule is COC1=NN=[C]C(=O)C1. The molecule has 0 amide bonds. The molecule has 0 aromatic carbocycles. The number of methoxy groups -OCH3 is 1. The van der Waals surface area contributed by atoms with E-state index in [-0.39, 0.29) is 12.2 Å². The molecule has 4 nitrogen and oxygen atoms in total. The van der Waals surface area contributed by atoms with E-state index in [2.05, 4.69) is 21.2 Å². The Morgan fingerprint density at radius 2 is 2.56 bits per heavy atom.